The van der Waals surface area contributed by atoms with Gasteiger partial charge in [0.15, 0.2) is 0 Å². The number of aliphatic carboxylic acids is 1. The zero-order valence-corrected chi connectivity index (χ0v) is 16.9. The van der Waals surface area contributed by atoms with Crippen LogP contribution in [0.3, 0.4) is 0 Å². The number of carbonyl (C=O) groups is 2. The minimum absolute atomic E-state index is 0.242. The van der Waals surface area contributed by atoms with Gasteiger partial charge in [-0.15, -0.1) is 0 Å². The molecule has 0 amide bonds. The van der Waals surface area contributed by atoms with Gasteiger partial charge in [-0.05, 0) is 19.4 Å². The van der Waals surface area contributed by atoms with Crippen LogP contribution in [0.4, 0.5) is 0 Å². The molecule has 144 valence electrons. The number of piperazine rings is 1. The lowest BCUT2D eigenvalue weighted by atomic mass is 10.2. The third-order valence-electron chi connectivity index (χ3n) is 3.12. The van der Waals surface area contributed by atoms with E-state index in [9.17, 15) is 9.59 Å². The Kier molecular flexibility index (Phi) is 13.5. The van der Waals surface area contributed by atoms with Gasteiger partial charge in [0.1, 0.15) is 12.6 Å². The molecular weight excluding hydrogens is 372 g/mol. The number of hydrogen-bond donors (Lipinski definition) is 3. The van der Waals surface area contributed by atoms with E-state index >= 15 is 0 Å². The molecule has 0 aliphatic carbocycles. The van der Waals surface area contributed by atoms with Crippen LogP contribution in [0.1, 0.15) is 26.3 Å². The summed E-state index contributed by atoms with van der Waals surface area (Å²) in [5.74, 6) is -1.02. The van der Waals surface area contributed by atoms with E-state index in [0.717, 1.165) is 28.4 Å². The fourth-order valence-corrected chi connectivity index (χ4v) is 1.59. The molecule has 1 aromatic carbocycles. The van der Waals surface area contributed by atoms with Crippen molar-refractivity contribution in [3.05, 3.63) is 35.9 Å². The lowest BCUT2D eigenvalue weighted by molar-refractivity contribution is -0.142. The highest BCUT2D eigenvalue weighted by Crippen LogP contribution is 1.99. The highest BCUT2D eigenvalue weighted by atomic mass is 32.1. The van der Waals surface area contributed by atoms with Gasteiger partial charge in [-0.3, -0.25) is 9.59 Å². The summed E-state index contributed by atoms with van der Waals surface area (Å²) in [6.45, 7) is 7.59. The summed E-state index contributed by atoms with van der Waals surface area (Å²) in [4.78, 5) is 22.3. The van der Waals surface area contributed by atoms with Crippen LogP contribution in [0.5, 0.6) is 0 Å². The number of nitrogens with one attached hydrogen (secondary N) is 2. The first-order valence-electron chi connectivity index (χ1n) is 8.09. The summed E-state index contributed by atoms with van der Waals surface area (Å²) in [5.41, 5.74) is 1.02. The van der Waals surface area contributed by atoms with Crippen molar-refractivity contribution in [2.45, 2.75) is 33.4 Å². The molecule has 1 aliphatic rings. The summed E-state index contributed by atoms with van der Waals surface area (Å²) in [5, 5.41) is 14.3. The number of esters is 1. The minimum atomic E-state index is -0.776. The first-order chi connectivity index (χ1) is 12.2. The third-order valence-corrected chi connectivity index (χ3v) is 3.86. The zero-order valence-electron chi connectivity index (χ0n) is 15.3. The lowest BCUT2D eigenvalue weighted by Crippen LogP contribution is -2.52. The molecule has 0 saturated carbocycles. The Hall–Kier alpha value is -1.74. The van der Waals surface area contributed by atoms with Crippen molar-refractivity contribution >= 4 is 46.1 Å². The van der Waals surface area contributed by atoms with Crippen LogP contribution in [0.25, 0.3) is 0 Å². The number of ether oxygens (including phenoxy) is 1. The standard InChI is InChI=1S/C9H10O2.C5H10N2O2.C4H6S2/c1-8(10)11-7-9-5-3-2-4-6-9;8-5(9)4-3-6-1-2-7-4;1-3(5)4(2)6/h2-6H,7H2,1H3;4,6-7H,1-3H2,(H,8,9);1-2H3/t;4-;/m.1./s1. The van der Waals surface area contributed by atoms with Gasteiger partial charge in [0.2, 0.25) is 0 Å². The Labute approximate surface area is 165 Å². The van der Waals surface area contributed by atoms with Gasteiger partial charge >= 0.3 is 11.9 Å². The molecule has 1 saturated heterocycles. The van der Waals surface area contributed by atoms with Crippen LogP contribution in [0.2, 0.25) is 0 Å². The molecular formula is C18H26N2O4S2. The second-order valence-electron chi connectivity index (χ2n) is 5.43. The quantitative estimate of drug-likeness (QED) is 0.525. The maximum Gasteiger partial charge on any atom is 0.322 e. The molecule has 1 atom stereocenters. The molecule has 2 rings (SSSR count). The van der Waals surface area contributed by atoms with E-state index < -0.39 is 12.0 Å². The molecule has 1 fully saturated rings. The molecule has 1 aliphatic heterocycles. The number of carboxylic acid groups (broad SMARTS) is 1. The van der Waals surface area contributed by atoms with Gasteiger partial charge in [0.25, 0.3) is 0 Å². The average molecular weight is 399 g/mol. The highest BCUT2D eigenvalue weighted by molar-refractivity contribution is 7.89. The van der Waals surface area contributed by atoms with E-state index in [1.807, 2.05) is 44.2 Å². The third kappa shape index (κ3) is 13.5. The molecule has 1 aromatic rings. The molecule has 0 bridgehead atoms. The van der Waals surface area contributed by atoms with Crippen molar-refractivity contribution in [1.29, 1.82) is 0 Å². The number of carboxylic acids is 1. The van der Waals surface area contributed by atoms with Crippen molar-refractivity contribution in [3.8, 4) is 0 Å². The first-order valence-corrected chi connectivity index (χ1v) is 8.91. The first kappa shape index (κ1) is 24.3. The largest absolute Gasteiger partial charge is 0.480 e. The summed E-state index contributed by atoms with van der Waals surface area (Å²) < 4.78 is 4.79. The van der Waals surface area contributed by atoms with Crippen molar-refractivity contribution in [2.24, 2.45) is 0 Å². The molecule has 8 heteroatoms. The monoisotopic (exact) mass is 398 g/mol. The van der Waals surface area contributed by atoms with E-state index in [4.69, 9.17) is 9.84 Å². The van der Waals surface area contributed by atoms with E-state index in [1.54, 1.807) is 0 Å². The van der Waals surface area contributed by atoms with Gasteiger partial charge in [-0.1, -0.05) is 54.8 Å². The van der Waals surface area contributed by atoms with Gasteiger partial charge in [0.05, 0.1) is 0 Å². The summed E-state index contributed by atoms with van der Waals surface area (Å²) >= 11 is 9.36. The van der Waals surface area contributed by atoms with E-state index in [2.05, 4.69) is 35.1 Å². The van der Waals surface area contributed by atoms with Gasteiger partial charge in [-0.2, -0.15) is 0 Å². The number of thiocarbonyl (C=S) groups is 2. The summed E-state index contributed by atoms with van der Waals surface area (Å²) in [6, 6.07) is 9.21. The zero-order chi connectivity index (χ0) is 19.9. The molecule has 1 heterocycles. The SMILES string of the molecule is CC(=O)OCc1ccccc1.CC(=S)C(C)=S.O=C(O)[C@H]1CNCCN1. The summed E-state index contributed by atoms with van der Waals surface area (Å²) in [6.07, 6.45) is 0. The molecule has 0 aromatic heterocycles. The van der Waals surface area contributed by atoms with E-state index in [0.29, 0.717) is 13.2 Å². The molecule has 6 nitrogen and oxygen atoms in total. The number of rotatable bonds is 4. The number of hydrogen-bond acceptors (Lipinski definition) is 7. The molecule has 3 N–H and O–H groups in total. The number of carbonyl (C=O) groups excluding carboxylic acids is 1. The maximum absolute atomic E-state index is 10.4. The van der Waals surface area contributed by atoms with Crippen LogP contribution >= 0.6 is 24.4 Å². The predicted molar refractivity (Wildman–Crippen MR) is 111 cm³/mol. The second-order valence-corrected chi connectivity index (χ2v) is 6.65. The van der Waals surface area contributed by atoms with E-state index in [1.165, 1.54) is 6.92 Å². The number of benzene rings is 1. The van der Waals surface area contributed by atoms with Crippen LogP contribution in [0, 0.1) is 0 Å². The average Bonchev–Trinajstić information content (AvgIpc) is 2.62. The van der Waals surface area contributed by atoms with Gasteiger partial charge in [-0.25, -0.2) is 0 Å². The Morgan fingerprint density at radius 3 is 2.04 bits per heavy atom. The summed E-state index contributed by atoms with van der Waals surface area (Å²) in [7, 11) is 0. The molecule has 0 spiro atoms. The maximum atomic E-state index is 10.4. The Morgan fingerprint density at radius 1 is 1.12 bits per heavy atom. The fourth-order valence-electron chi connectivity index (χ4n) is 1.59. The van der Waals surface area contributed by atoms with Crippen LogP contribution in [-0.4, -0.2) is 52.5 Å². The van der Waals surface area contributed by atoms with Crippen molar-refractivity contribution in [3.63, 3.8) is 0 Å². The van der Waals surface area contributed by atoms with Gasteiger partial charge in [0, 0.05) is 36.3 Å². The Bertz CT molecular complexity index is 576. The molecule has 26 heavy (non-hydrogen) atoms. The smallest absolute Gasteiger partial charge is 0.322 e. The lowest BCUT2D eigenvalue weighted by Gasteiger charge is -2.20. The normalized spacial score (nSPS) is 15.3. The van der Waals surface area contributed by atoms with E-state index in [-0.39, 0.29) is 5.97 Å². The van der Waals surface area contributed by atoms with Crippen molar-refractivity contribution < 1.29 is 19.4 Å². The van der Waals surface area contributed by atoms with Crippen molar-refractivity contribution in [1.82, 2.24) is 10.6 Å². The Balaban J connectivity index is 0.000000378. The fraction of sp³-hybridized carbons (Fsp3) is 0.444. The minimum Gasteiger partial charge on any atom is -0.480 e. The van der Waals surface area contributed by atoms with Crippen LogP contribution in [0.15, 0.2) is 30.3 Å². The van der Waals surface area contributed by atoms with Crippen molar-refractivity contribution in [2.75, 3.05) is 19.6 Å². The molecule has 0 unspecified atom stereocenters. The predicted octanol–water partition coefficient (Wildman–Crippen LogP) is 2.15. The van der Waals surface area contributed by atoms with Gasteiger partial charge < -0.3 is 20.5 Å². The topological polar surface area (TPSA) is 87.7 Å². The second kappa shape index (κ2) is 14.4. The highest BCUT2D eigenvalue weighted by Gasteiger charge is 2.18. The van der Waals surface area contributed by atoms with Crippen LogP contribution < -0.4 is 10.6 Å². The Morgan fingerprint density at radius 2 is 1.69 bits per heavy atom. The van der Waals surface area contributed by atoms with Crippen LogP contribution in [-0.2, 0) is 20.9 Å². The molecule has 0 radical (unpaired) electrons.